The van der Waals surface area contributed by atoms with Gasteiger partial charge in [0, 0.05) is 16.8 Å². The van der Waals surface area contributed by atoms with Crippen LogP contribution in [0.15, 0.2) is 71.6 Å². The molecule has 4 rings (SSSR count). The minimum absolute atomic E-state index is 0.0355. The zero-order valence-corrected chi connectivity index (χ0v) is 19.9. The minimum atomic E-state index is -3.88. The van der Waals surface area contributed by atoms with Gasteiger partial charge in [0.05, 0.1) is 4.90 Å². The maximum Gasteiger partial charge on any atom is 0.262 e. The quantitative estimate of drug-likeness (QED) is 0.397. The zero-order chi connectivity index (χ0) is 23.6. The normalized spacial score (nSPS) is 11.2. The van der Waals surface area contributed by atoms with Gasteiger partial charge in [0.15, 0.2) is 0 Å². The number of rotatable bonds is 6. The maximum atomic E-state index is 13.0. The van der Waals surface area contributed by atoms with Crippen molar-refractivity contribution >= 4 is 38.1 Å². The van der Waals surface area contributed by atoms with Gasteiger partial charge in [-0.2, -0.15) is 0 Å². The third-order valence-electron chi connectivity index (χ3n) is 4.99. The molecule has 1 amide bonds. The van der Waals surface area contributed by atoms with E-state index in [1.54, 1.807) is 31.2 Å². The van der Waals surface area contributed by atoms with Crippen LogP contribution in [0.4, 0.5) is 10.8 Å². The van der Waals surface area contributed by atoms with Crippen molar-refractivity contribution in [3.63, 3.8) is 0 Å². The number of hydrogen-bond donors (Lipinski definition) is 2. The van der Waals surface area contributed by atoms with Gasteiger partial charge >= 0.3 is 0 Å². The van der Waals surface area contributed by atoms with E-state index in [2.05, 4.69) is 20.2 Å². The number of benzene rings is 3. The summed E-state index contributed by atoms with van der Waals surface area (Å²) in [5.74, 6) is -0.464. The molecule has 4 aromatic rings. The lowest BCUT2D eigenvalue weighted by Crippen LogP contribution is -2.17. The first-order valence-electron chi connectivity index (χ1n) is 10.1. The number of nitrogens with one attached hydrogen (secondary N) is 2. The first-order chi connectivity index (χ1) is 15.7. The second-order valence-electron chi connectivity index (χ2n) is 7.68. The van der Waals surface area contributed by atoms with Crippen molar-refractivity contribution in [3.8, 4) is 10.6 Å². The lowest BCUT2D eigenvalue weighted by molar-refractivity contribution is 0.102. The Morgan fingerprint density at radius 2 is 1.48 bits per heavy atom. The van der Waals surface area contributed by atoms with Crippen molar-refractivity contribution in [3.05, 3.63) is 89.0 Å². The average molecular weight is 479 g/mol. The van der Waals surface area contributed by atoms with Crippen molar-refractivity contribution in [2.24, 2.45) is 0 Å². The number of anilines is 2. The van der Waals surface area contributed by atoms with Gasteiger partial charge in [-0.1, -0.05) is 64.9 Å². The third kappa shape index (κ3) is 5.27. The van der Waals surface area contributed by atoms with E-state index in [0.717, 1.165) is 16.7 Å². The molecule has 1 heterocycles. The van der Waals surface area contributed by atoms with Gasteiger partial charge in [-0.3, -0.25) is 14.8 Å². The van der Waals surface area contributed by atoms with Gasteiger partial charge < -0.3 is 0 Å². The minimum Gasteiger partial charge on any atom is -0.296 e. The topological polar surface area (TPSA) is 101 Å². The lowest BCUT2D eigenvalue weighted by Gasteiger charge is -2.12. The molecule has 3 aromatic carbocycles. The molecule has 9 heteroatoms. The van der Waals surface area contributed by atoms with E-state index < -0.39 is 15.9 Å². The second-order valence-corrected chi connectivity index (χ2v) is 10.3. The van der Waals surface area contributed by atoms with Crippen molar-refractivity contribution in [2.75, 3.05) is 10.0 Å². The van der Waals surface area contributed by atoms with E-state index in [-0.39, 0.29) is 10.5 Å². The molecule has 0 saturated carbocycles. The fraction of sp³-hybridized carbons (Fsp3) is 0.125. The molecule has 0 bridgehead atoms. The van der Waals surface area contributed by atoms with E-state index in [9.17, 15) is 13.2 Å². The number of aromatic nitrogens is 2. The lowest BCUT2D eigenvalue weighted by atomic mass is 10.1. The zero-order valence-electron chi connectivity index (χ0n) is 18.3. The summed E-state index contributed by atoms with van der Waals surface area (Å²) in [6, 6.07) is 19.4. The smallest absolute Gasteiger partial charge is 0.262 e. The molecule has 0 aliphatic rings. The molecule has 0 radical (unpaired) electrons. The highest BCUT2D eigenvalue weighted by atomic mass is 32.2. The highest BCUT2D eigenvalue weighted by molar-refractivity contribution is 7.92. The summed E-state index contributed by atoms with van der Waals surface area (Å²) < 4.78 is 28.5. The van der Waals surface area contributed by atoms with Crippen LogP contribution in [-0.4, -0.2) is 24.5 Å². The van der Waals surface area contributed by atoms with Crippen molar-refractivity contribution in [2.45, 2.75) is 25.7 Å². The molecule has 0 aliphatic carbocycles. The van der Waals surface area contributed by atoms with Crippen LogP contribution in [0.25, 0.3) is 10.6 Å². The Bertz CT molecular complexity index is 1410. The molecule has 1 aromatic heterocycles. The number of carbonyl (C=O) groups excluding carboxylic acids is 1. The number of amides is 1. The molecule has 0 atom stereocenters. The molecule has 0 unspecified atom stereocenters. The monoisotopic (exact) mass is 478 g/mol. The molecule has 0 aliphatic heterocycles. The SMILES string of the molecule is Cc1ccc(NS(=O)(=O)c2cc(C(=O)Nc3nnc(-c4ccc(C)cc4)s3)ccc2C)cc1. The number of nitrogens with zero attached hydrogens (tertiary/aromatic N) is 2. The predicted octanol–water partition coefficient (Wildman–Crippen LogP) is 5.18. The molecule has 0 saturated heterocycles. The van der Waals surface area contributed by atoms with Crippen LogP contribution in [0.2, 0.25) is 0 Å². The summed E-state index contributed by atoms with van der Waals surface area (Å²) in [5, 5.41) is 11.9. The highest BCUT2D eigenvalue weighted by Gasteiger charge is 2.20. The van der Waals surface area contributed by atoms with Crippen molar-refractivity contribution in [1.82, 2.24) is 10.2 Å². The molecular weight excluding hydrogens is 456 g/mol. The van der Waals surface area contributed by atoms with Crippen molar-refractivity contribution < 1.29 is 13.2 Å². The summed E-state index contributed by atoms with van der Waals surface area (Å²) in [6.45, 7) is 5.61. The Morgan fingerprint density at radius 1 is 0.848 bits per heavy atom. The van der Waals surface area contributed by atoms with Crippen LogP contribution < -0.4 is 10.0 Å². The van der Waals surface area contributed by atoms with Gasteiger partial charge in [0.25, 0.3) is 15.9 Å². The molecular formula is C24H22N4O3S2. The fourth-order valence-corrected chi connectivity index (χ4v) is 5.19. The standard InChI is InChI=1S/C24H22N4O3S2/c1-15-4-9-18(10-5-15)23-26-27-24(32-23)25-22(29)19-11-8-17(3)21(14-19)33(30,31)28-20-12-6-16(2)7-13-20/h4-14,28H,1-3H3,(H,25,27,29). The first-order valence-corrected chi connectivity index (χ1v) is 12.4. The highest BCUT2D eigenvalue weighted by Crippen LogP contribution is 2.27. The Hall–Kier alpha value is -3.56. The molecule has 0 fully saturated rings. The van der Waals surface area contributed by atoms with Gasteiger partial charge in [0.1, 0.15) is 5.01 Å². The maximum absolute atomic E-state index is 13.0. The molecule has 2 N–H and O–H groups in total. The van der Waals surface area contributed by atoms with Gasteiger partial charge in [-0.05, 0) is 50.6 Å². The Morgan fingerprint density at radius 3 is 2.15 bits per heavy atom. The Labute approximate surface area is 196 Å². The average Bonchev–Trinajstić information content (AvgIpc) is 3.24. The number of carbonyl (C=O) groups is 1. The largest absolute Gasteiger partial charge is 0.296 e. The molecule has 168 valence electrons. The van der Waals surface area contributed by atoms with E-state index in [1.165, 1.54) is 17.4 Å². The number of aryl methyl sites for hydroxylation is 3. The summed E-state index contributed by atoms with van der Waals surface area (Å²) in [6.07, 6.45) is 0. The predicted molar refractivity (Wildman–Crippen MR) is 131 cm³/mol. The van der Waals surface area contributed by atoms with Crippen molar-refractivity contribution in [1.29, 1.82) is 0 Å². The van der Waals surface area contributed by atoms with Gasteiger partial charge in [-0.15, -0.1) is 10.2 Å². The number of hydrogen-bond acceptors (Lipinski definition) is 6. The van der Waals surface area contributed by atoms with E-state index >= 15 is 0 Å². The summed E-state index contributed by atoms with van der Waals surface area (Å²) in [5.41, 5.74) is 4.26. The van der Waals surface area contributed by atoms with Crippen LogP contribution >= 0.6 is 11.3 Å². The van der Waals surface area contributed by atoms with Gasteiger partial charge in [0.2, 0.25) is 5.13 Å². The summed E-state index contributed by atoms with van der Waals surface area (Å²) in [4.78, 5) is 12.8. The second kappa shape index (κ2) is 9.13. The van der Waals surface area contributed by atoms with Crippen LogP contribution in [0.1, 0.15) is 27.0 Å². The summed E-state index contributed by atoms with van der Waals surface area (Å²) in [7, 11) is -3.88. The number of sulfonamides is 1. The fourth-order valence-electron chi connectivity index (χ4n) is 3.12. The van der Waals surface area contributed by atoms with E-state index in [0.29, 0.717) is 21.4 Å². The van der Waals surface area contributed by atoms with Crippen LogP contribution in [0.3, 0.4) is 0 Å². The van der Waals surface area contributed by atoms with E-state index in [4.69, 9.17) is 0 Å². The molecule has 33 heavy (non-hydrogen) atoms. The third-order valence-corrected chi connectivity index (χ3v) is 7.40. The van der Waals surface area contributed by atoms with Gasteiger partial charge in [-0.25, -0.2) is 8.42 Å². The van der Waals surface area contributed by atoms with Crippen LogP contribution in [0, 0.1) is 20.8 Å². The Balaban J connectivity index is 1.54. The molecule has 7 nitrogen and oxygen atoms in total. The van der Waals surface area contributed by atoms with Crippen LogP contribution in [-0.2, 0) is 10.0 Å². The first kappa shape index (κ1) is 22.6. The molecule has 0 spiro atoms. The van der Waals surface area contributed by atoms with E-state index in [1.807, 2.05) is 50.2 Å². The summed E-state index contributed by atoms with van der Waals surface area (Å²) >= 11 is 1.25. The van der Waals surface area contributed by atoms with Crippen LogP contribution in [0.5, 0.6) is 0 Å². The Kier molecular flexibility index (Phi) is 6.26.